The van der Waals surface area contributed by atoms with E-state index in [1.807, 2.05) is 29.2 Å². The molecule has 6 nitrogen and oxygen atoms in total. The Morgan fingerprint density at radius 2 is 2.04 bits per heavy atom. The molecule has 0 aliphatic carbocycles. The van der Waals surface area contributed by atoms with Crippen molar-refractivity contribution in [2.24, 2.45) is 0 Å². The van der Waals surface area contributed by atoms with Crippen LogP contribution in [0, 0.1) is 0 Å². The number of piperazine rings is 1. The number of benzene rings is 1. The number of amides is 2. The Hall–Kier alpha value is -2.60. The highest BCUT2D eigenvalue weighted by molar-refractivity contribution is 5.89. The van der Waals surface area contributed by atoms with Crippen molar-refractivity contribution in [1.82, 2.24) is 15.1 Å². The molecule has 2 amide bonds. The van der Waals surface area contributed by atoms with Crippen molar-refractivity contribution in [3.8, 4) is 5.75 Å². The first-order valence-corrected chi connectivity index (χ1v) is 8.74. The number of para-hydroxylation sites is 1. The van der Waals surface area contributed by atoms with Crippen LogP contribution in [0.2, 0.25) is 0 Å². The molecule has 0 spiro atoms. The van der Waals surface area contributed by atoms with Gasteiger partial charge >= 0.3 is 0 Å². The molecule has 140 valence electrons. The summed E-state index contributed by atoms with van der Waals surface area (Å²) >= 11 is 0. The number of nitrogens with one attached hydrogen (secondary N) is 1. The lowest BCUT2D eigenvalue weighted by Gasteiger charge is -2.35. The summed E-state index contributed by atoms with van der Waals surface area (Å²) in [6.45, 7) is 10.1. The molecule has 0 bridgehead atoms. The second kappa shape index (κ2) is 9.77. The van der Waals surface area contributed by atoms with Crippen LogP contribution in [0.25, 0.3) is 0 Å². The van der Waals surface area contributed by atoms with Gasteiger partial charge in [0.05, 0.1) is 19.6 Å². The molecule has 1 N–H and O–H groups in total. The van der Waals surface area contributed by atoms with Crippen molar-refractivity contribution < 1.29 is 14.3 Å². The summed E-state index contributed by atoms with van der Waals surface area (Å²) in [6, 6.07) is 7.23. The van der Waals surface area contributed by atoms with Crippen LogP contribution in [0.4, 0.5) is 0 Å². The molecule has 1 aromatic rings. The topological polar surface area (TPSA) is 61.9 Å². The fourth-order valence-electron chi connectivity index (χ4n) is 3.11. The summed E-state index contributed by atoms with van der Waals surface area (Å²) in [7, 11) is 1.63. The maximum absolute atomic E-state index is 12.7. The number of carbonyl (C=O) groups excluding carboxylic acids is 2. The first kappa shape index (κ1) is 19.7. The van der Waals surface area contributed by atoms with Crippen molar-refractivity contribution in [1.29, 1.82) is 0 Å². The average molecular weight is 357 g/mol. The van der Waals surface area contributed by atoms with Crippen molar-refractivity contribution in [2.45, 2.75) is 19.0 Å². The van der Waals surface area contributed by atoms with E-state index in [0.29, 0.717) is 32.7 Å². The van der Waals surface area contributed by atoms with E-state index < -0.39 is 6.04 Å². The predicted octanol–water partition coefficient (Wildman–Crippen LogP) is 1.59. The van der Waals surface area contributed by atoms with Crippen LogP contribution in [-0.4, -0.2) is 60.9 Å². The van der Waals surface area contributed by atoms with E-state index >= 15 is 0 Å². The van der Waals surface area contributed by atoms with Gasteiger partial charge in [0, 0.05) is 38.3 Å². The number of methoxy groups -OCH3 is 1. The zero-order valence-corrected chi connectivity index (χ0v) is 15.3. The molecule has 26 heavy (non-hydrogen) atoms. The molecule has 0 radical (unpaired) electrons. The molecule has 6 heteroatoms. The zero-order chi connectivity index (χ0) is 18.9. The molecule has 1 fully saturated rings. The number of hydrogen-bond donors (Lipinski definition) is 1. The second-order valence-corrected chi connectivity index (χ2v) is 6.17. The molecule has 1 aromatic carbocycles. The summed E-state index contributed by atoms with van der Waals surface area (Å²) in [5.74, 6) is 0.581. The van der Waals surface area contributed by atoms with E-state index in [0.717, 1.165) is 11.3 Å². The summed E-state index contributed by atoms with van der Waals surface area (Å²) in [5, 5.41) is 2.86. The van der Waals surface area contributed by atoms with Crippen molar-refractivity contribution in [3.63, 3.8) is 0 Å². The minimum atomic E-state index is -0.502. The molecular formula is C20H27N3O3. The number of ether oxygens (including phenoxy) is 1. The van der Waals surface area contributed by atoms with Gasteiger partial charge in [-0.2, -0.15) is 0 Å². The molecule has 2 rings (SSSR count). The normalized spacial score (nSPS) is 17.3. The van der Waals surface area contributed by atoms with Gasteiger partial charge in [0.2, 0.25) is 11.8 Å². The summed E-state index contributed by atoms with van der Waals surface area (Å²) in [4.78, 5) is 28.8. The molecule has 0 saturated carbocycles. The highest BCUT2D eigenvalue weighted by Gasteiger charge is 2.33. The van der Waals surface area contributed by atoms with Gasteiger partial charge in [-0.25, -0.2) is 0 Å². The van der Waals surface area contributed by atoms with Crippen LogP contribution in [0.15, 0.2) is 49.6 Å². The quantitative estimate of drug-likeness (QED) is 0.682. The van der Waals surface area contributed by atoms with E-state index in [2.05, 4.69) is 18.5 Å². The molecule has 0 aromatic heterocycles. The average Bonchev–Trinajstić information content (AvgIpc) is 2.64. The van der Waals surface area contributed by atoms with E-state index in [9.17, 15) is 9.59 Å². The molecule has 1 aliphatic rings. The highest BCUT2D eigenvalue weighted by Crippen LogP contribution is 2.22. The van der Waals surface area contributed by atoms with Crippen LogP contribution in [0.1, 0.15) is 12.0 Å². The maximum Gasteiger partial charge on any atom is 0.237 e. The number of nitrogens with zero attached hydrogens (tertiary/aromatic N) is 2. The third-order valence-corrected chi connectivity index (χ3v) is 4.43. The fraction of sp³-hybridized carbons (Fsp3) is 0.400. The molecule has 1 heterocycles. The predicted molar refractivity (Wildman–Crippen MR) is 102 cm³/mol. The van der Waals surface area contributed by atoms with Crippen molar-refractivity contribution in [3.05, 3.63) is 55.1 Å². The summed E-state index contributed by atoms with van der Waals surface area (Å²) in [5.41, 5.74) is 0.996. The highest BCUT2D eigenvalue weighted by atomic mass is 16.5. The first-order chi connectivity index (χ1) is 12.6. The minimum Gasteiger partial charge on any atom is -0.496 e. The molecule has 1 atom stereocenters. The number of carbonyl (C=O) groups is 2. The Bertz CT molecular complexity index is 649. The lowest BCUT2D eigenvalue weighted by molar-refractivity contribution is -0.138. The lowest BCUT2D eigenvalue weighted by Crippen LogP contribution is -2.56. The van der Waals surface area contributed by atoms with Crippen LogP contribution in [-0.2, 0) is 16.1 Å². The largest absolute Gasteiger partial charge is 0.496 e. The van der Waals surface area contributed by atoms with Crippen molar-refractivity contribution in [2.75, 3.05) is 33.3 Å². The van der Waals surface area contributed by atoms with Gasteiger partial charge in [-0.3, -0.25) is 14.5 Å². The van der Waals surface area contributed by atoms with E-state index in [1.165, 1.54) is 0 Å². The summed E-state index contributed by atoms with van der Waals surface area (Å²) < 4.78 is 5.41. The molecular weight excluding hydrogens is 330 g/mol. The second-order valence-electron chi connectivity index (χ2n) is 6.17. The molecule has 1 aliphatic heterocycles. The van der Waals surface area contributed by atoms with Crippen LogP contribution in [0.3, 0.4) is 0 Å². The van der Waals surface area contributed by atoms with Crippen LogP contribution in [0.5, 0.6) is 5.75 Å². The number of hydrogen-bond acceptors (Lipinski definition) is 4. The van der Waals surface area contributed by atoms with Gasteiger partial charge in [-0.15, -0.1) is 13.2 Å². The third-order valence-electron chi connectivity index (χ3n) is 4.43. The minimum absolute atomic E-state index is 0.0862. The smallest absolute Gasteiger partial charge is 0.237 e. The Balaban J connectivity index is 2.14. The van der Waals surface area contributed by atoms with Crippen LogP contribution < -0.4 is 10.1 Å². The molecule has 1 unspecified atom stereocenters. The molecule has 1 saturated heterocycles. The maximum atomic E-state index is 12.7. The Morgan fingerprint density at radius 1 is 1.35 bits per heavy atom. The SMILES string of the molecule is C=CCN(CC=C)C(=O)CC1C(=O)NCCN1Cc1ccccc1OC. The monoisotopic (exact) mass is 357 g/mol. The van der Waals surface area contributed by atoms with E-state index in [4.69, 9.17) is 4.74 Å². The van der Waals surface area contributed by atoms with E-state index in [1.54, 1.807) is 24.2 Å². The standard InChI is InChI=1S/C20H27N3O3/c1-4-11-22(12-5-2)19(24)14-17-20(25)21-10-13-23(17)15-16-8-6-7-9-18(16)26-3/h4-9,17H,1-2,10-15H2,3H3,(H,21,25). The first-order valence-electron chi connectivity index (χ1n) is 8.74. The Morgan fingerprint density at radius 3 is 2.69 bits per heavy atom. The zero-order valence-electron chi connectivity index (χ0n) is 15.3. The van der Waals surface area contributed by atoms with Crippen LogP contribution >= 0.6 is 0 Å². The van der Waals surface area contributed by atoms with Gasteiger partial charge in [0.25, 0.3) is 0 Å². The van der Waals surface area contributed by atoms with Gasteiger partial charge in [-0.1, -0.05) is 30.4 Å². The fourth-order valence-corrected chi connectivity index (χ4v) is 3.11. The lowest BCUT2D eigenvalue weighted by atomic mass is 10.1. The summed E-state index contributed by atoms with van der Waals surface area (Å²) in [6.07, 6.45) is 3.48. The Kier molecular flexibility index (Phi) is 7.41. The number of rotatable bonds is 9. The van der Waals surface area contributed by atoms with Crippen molar-refractivity contribution >= 4 is 11.8 Å². The van der Waals surface area contributed by atoms with E-state index in [-0.39, 0.29) is 18.2 Å². The van der Waals surface area contributed by atoms with Gasteiger partial charge in [0.15, 0.2) is 0 Å². The third kappa shape index (κ3) is 4.95. The van der Waals surface area contributed by atoms with Gasteiger partial charge in [-0.05, 0) is 6.07 Å². The Labute approximate surface area is 155 Å². The van der Waals surface area contributed by atoms with Gasteiger partial charge < -0.3 is 15.0 Å². The van der Waals surface area contributed by atoms with Gasteiger partial charge in [0.1, 0.15) is 5.75 Å².